The van der Waals surface area contributed by atoms with Gasteiger partial charge < -0.3 is 24.3 Å². The third-order valence-corrected chi connectivity index (χ3v) is 6.65. The first kappa shape index (κ1) is 26.0. The molecule has 0 radical (unpaired) electrons. The van der Waals surface area contributed by atoms with E-state index in [1.807, 2.05) is 20.8 Å². The highest BCUT2D eigenvalue weighted by Gasteiger charge is 2.20. The first-order chi connectivity index (χ1) is 16.5. The molecule has 3 rings (SSSR count). The Morgan fingerprint density at radius 1 is 1.12 bits per heavy atom. The van der Waals surface area contributed by atoms with Crippen molar-refractivity contribution in [1.82, 2.24) is 15.5 Å². The molecule has 0 spiro atoms. The Bertz CT molecular complexity index is 938. The van der Waals surface area contributed by atoms with Crippen LogP contribution in [0.5, 0.6) is 17.2 Å². The summed E-state index contributed by atoms with van der Waals surface area (Å²) in [6, 6.07) is 3.23. The Balaban J connectivity index is 1.59. The first-order valence-electron chi connectivity index (χ1n) is 11.3. The third kappa shape index (κ3) is 7.47. The van der Waals surface area contributed by atoms with Crippen LogP contribution in [-0.2, 0) is 9.53 Å². The van der Waals surface area contributed by atoms with Gasteiger partial charge >= 0.3 is 0 Å². The van der Waals surface area contributed by atoms with Crippen LogP contribution < -0.4 is 24.8 Å². The van der Waals surface area contributed by atoms with Crippen molar-refractivity contribution in [3.05, 3.63) is 17.7 Å². The van der Waals surface area contributed by atoms with E-state index in [0.29, 0.717) is 58.6 Å². The molecule has 0 saturated carbocycles. The molecule has 12 heteroatoms. The molecule has 2 heterocycles. The number of amides is 2. The molecule has 2 aromatic rings. The second-order valence-corrected chi connectivity index (χ2v) is 9.36. The summed E-state index contributed by atoms with van der Waals surface area (Å²) in [5.74, 6) is 1.07. The van der Waals surface area contributed by atoms with E-state index < -0.39 is 0 Å². The lowest BCUT2D eigenvalue weighted by atomic mass is 10.1. The minimum absolute atomic E-state index is 0.0948. The molecule has 186 valence electrons. The summed E-state index contributed by atoms with van der Waals surface area (Å²) in [5.41, 5.74) is 0.341. The van der Waals surface area contributed by atoms with Gasteiger partial charge in [0.2, 0.25) is 16.8 Å². The quantitative estimate of drug-likeness (QED) is 0.309. The van der Waals surface area contributed by atoms with E-state index in [1.165, 1.54) is 23.1 Å². The van der Waals surface area contributed by atoms with E-state index >= 15 is 0 Å². The van der Waals surface area contributed by atoms with Crippen molar-refractivity contribution < 1.29 is 28.5 Å². The van der Waals surface area contributed by atoms with Crippen LogP contribution in [0.25, 0.3) is 0 Å². The summed E-state index contributed by atoms with van der Waals surface area (Å²) < 4.78 is 23.1. The van der Waals surface area contributed by atoms with E-state index in [0.717, 1.165) is 19.4 Å². The lowest BCUT2D eigenvalue weighted by molar-refractivity contribution is -0.119. The molecule has 2 amide bonds. The predicted molar refractivity (Wildman–Crippen MR) is 131 cm³/mol. The largest absolute Gasteiger partial charge is 0.490 e. The Kier molecular flexibility index (Phi) is 10.2. The molecule has 1 unspecified atom stereocenters. The van der Waals surface area contributed by atoms with Crippen molar-refractivity contribution in [2.45, 2.75) is 44.1 Å². The van der Waals surface area contributed by atoms with Gasteiger partial charge in [-0.3, -0.25) is 14.9 Å². The minimum atomic E-state index is -0.382. The molecule has 1 saturated heterocycles. The number of hydrogen-bond acceptors (Lipinski definition) is 10. The van der Waals surface area contributed by atoms with Crippen LogP contribution in [0.4, 0.5) is 5.13 Å². The molecule has 1 aromatic heterocycles. The number of rotatable bonds is 13. The summed E-state index contributed by atoms with van der Waals surface area (Å²) in [6.07, 6.45) is 2.11. The Labute approximate surface area is 207 Å². The Morgan fingerprint density at radius 2 is 1.82 bits per heavy atom. The molecule has 1 aliphatic rings. The number of aromatic nitrogens is 2. The molecule has 34 heavy (non-hydrogen) atoms. The fraction of sp³-hybridized carbons (Fsp3) is 0.545. The van der Waals surface area contributed by atoms with Crippen molar-refractivity contribution in [3.63, 3.8) is 0 Å². The van der Waals surface area contributed by atoms with Gasteiger partial charge in [-0.25, -0.2) is 0 Å². The van der Waals surface area contributed by atoms with Crippen molar-refractivity contribution in [1.29, 1.82) is 0 Å². The topological polar surface area (TPSA) is 121 Å². The van der Waals surface area contributed by atoms with Gasteiger partial charge in [-0.2, -0.15) is 0 Å². The monoisotopic (exact) mass is 510 g/mol. The molecular weight excluding hydrogens is 480 g/mol. The van der Waals surface area contributed by atoms with Gasteiger partial charge in [0.1, 0.15) is 0 Å². The fourth-order valence-electron chi connectivity index (χ4n) is 3.22. The zero-order chi connectivity index (χ0) is 24.3. The van der Waals surface area contributed by atoms with Gasteiger partial charge in [0.05, 0.1) is 31.7 Å². The predicted octanol–water partition coefficient (Wildman–Crippen LogP) is 3.37. The van der Waals surface area contributed by atoms with Crippen LogP contribution in [0.1, 0.15) is 44.0 Å². The van der Waals surface area contributed by atoms with E-state index in [1.54, 1.807) is 12.1 Å². The number of carbonyl (C=O) groups excluding carboxylic acids is 2. The highest BCUT2D eigenvalue weighted by molar-refractivity contribution is 8.01. The van der Waals surface area contributed by atoms with E-state index in [-0.39, 0.29) is 23.7 Å². The zero-order valence-electron chi connectivity index (χ0n) is 19.5. The average molecular weight is 511 g/mol. The molecule has 10 nitrogen and oxygen atoms in total. The Hall–Kier alpha value is -2.57. The lowest BCUT2D eigenvalue weighted by Gasteiger charge is -2.16. The number of anilines is 1. The second kappa shape index (κ2) is 13.4. The van der Waals surface area contributed by atoms with Crippen LogP contribution in [0.15, 0.2) is 16.5 Å². The lowest BCUT2D eigenvalue weighted by Crippen LogP contribution is -2.32. The molecular formula is C22H30N4O6S2. The third-order valence-electron chi connectivity index (χ3n) is 4.68. The van der Waals surface area contributed by atoms with Gasteiger partial charge in [-0.05, 0) is 45.7 Å². The summed E-state index contributed by atoms with van der Waals surface area (Å²) >= 11 is 2.46. The number of carbonyl (C=O) groups is 2. The molecule has 0 bridgehead atoms. The van der Waals surface area contributed by atoms with Crippen molar-refractivity contribution >= 4 is 40.0 Å². The number of nitrogens with one attached hydrogen (secondary N) is 2. The van der Waals surface area contributed by atoms with Gasteiger partial charge in [-0.15, -0.1) is 10.2 Å². The first-order valence-corrected chi connectivity index (χ1v) is 13.1. The number of thioether (sulfide) groups is 1. The summed E-state index contributed by atoms with van der Waals surface area (Å²) in [6.45, 7) is 8.10. The van der Waals surface area contributed by atoms with Crippen LogP contribution in [0.3, 0.4) is 0 Å². The van der Waals surface area contributed by atoms with E-state index in [9.17, 15) is 9.59 Å². The maximum absolute atomic E-state index is 12.9. The smallest absolute Gasteiger partial charge is 0.257 e. The standard InChI is InChI=1S/C22H30N4O6S2/c1-4-29-16-10-14(11-17(30-5-2)19(16)31-6-3)20(28)24-21-25-26-22(34-21)33-13-18(27)23-12-15-8-7-9-32-15/h10-11,15H,4-9,12-13H2,1-3H3,(H,23,27)(H,24,25,28). The molecule has 1 aromatic carbocycles. The van der Waals surface area contributed by atoms with Crippen LogP contribution in [0, 0.1) is 0 Å². The SMILES string of the molecule is CCOc1cc(C(=O)Nc2nnc(SCC(=O)NCC3CCCO3)s2)cc(OCC)c1OCC. The fourth-order valence-corrected chi connectivity index (χ4v) is 4.80. The molecule has 1 fully saturated rings. The van der Waals surface area contributed by atoms with Crippen molar-refractivity contribution in [2.75, 3.05) is 44.0 Å². The highest BCUT2D eigenvalue weighted by Crippen LogP contribution is 2.39. The van der Waals surface area contributed by atoms with E-state index in [4.69, 9.17) is 18.9 Å². The maximum atomic E-state index is 12.9. The normalized spacial score (nSPS) is 15.1. The molecule has 0 aliphatic carbocycles. The number of hydrogen-bond donors (Lipinski definition) is 2. The maximum Gasteiger partial charge on any atom is 0.257 e. The van der Waals surface area contributed by atoms with Gasteiger partial charge in [0.15, 0.2) is 15.8 Å². The van der Waals surface area contributed by atoms with Gasteiger partial charge in [0.25, 0.3) is 5.91 Å². The Morgan fingerprint density at radius 3 is 2.44 bits per heavy atom. The minimum Gasteiger partial charge on any atom is -0.490 e. The average Bonchev–Trinajstić information content (AvgIpc) is 3.50. The molecule has 1 aliphatic heterocycles. The van der Waals surface area contributed by atoms with E-state index in [2.05, 4.69) is 20.8 Å². The van der Waals surface area contributed by atoms with Crippen molar-refractivity contribution in [3.8, 4) is 17.2 Å². The molecule has 2 N–H and O–H groups in total. The summed E-state index contributed by atoms with van der Waals surface area (Å²) in [7, 11) is 0. The van der Waals surface area contributed by atoms with Crippen molar-refractivity contribution in [2.24, 2.45) is 0 Å². The summed E-state index contributed by atoms with van der Waals surface area (Å²) in [4.78, 5) is 24.9. The second-order valence-electron chi connectivity index (χ2n) is 7.16. The van der Waals surface area contributed by atoms with Gasteiger partial charge in [-0.1, -0.05) is 23.1 Å². The van der Waals surface area contributed by atoms with Gasteiger partial charge in [0, 0.05) is 18.7 Å². The number of nitrogens with zero attached hydrogens (tertiary/aromatic N) is 2. The highest BCUT2D eigenvalue weighted by atomic mass is 32.2. The zero-order valence-corrected chi connectivity index (χ0v) is 21.2. The number of ether oxygens (including phenoxy) is 4. The van der Waals surface area contributed by atoms with Crippen LogP contribution >= 0.6 is 23.1 Å². The molecule has 1 atom stereocenters. The summed E-state index contributed by atoms with van der Waals surface area (Å²) in [5, 5.41) is 14.0. The van der Waals surface area contributed by atoms with Crippen LogP contribution in [-0.4, -0.2) is 66.8 Å². The number of benzene rings is 1. The van der Waals surface area contributed by atoms with Crippen LogP contribution in [0.2, 0.25) is 0 Å².